The van der Waals surface area contributed by atoms with Gasteiger partial charge in [-0.05, 0) is 25.1 Å². The number of nitrogens with one attached hydrogen (secondary N) is 4. The van der Waals surface area contributed by atoms with E-state index in [-0.39, 0.29) is 0 Å². The van der Waals surface area contributed by atoms with E-state index in [1.165, 1.54) is 0 Å². The first kappa shape index (κ1) is 17.1. The number of H-pyrrole nitrogens is 1. The number of aromatic amines is 1. The van der Waals surface area contributed by atoms with Gasteiger partial charge in [0.05, 0.1) is 5.39 Å². The zero-order valence-electron chi connectivity index (χ0n) is 13.8. The molecule has 0 spiro atoms. The van der Waals surface area contributed by atoms with Gasteiger partial charge in [-0.15, -0.1) is 0 Å². The van der Waals surface area contributed by atoms with E-state index in [2.05, 4.69) is 50.6 Å². The lowest BCUT2D eigenvalue weighted by Gasteiger charge is -2.08. The van der Waals surface area contributed by atoms with Crippen LogP contribution in [0.1, 0.15) is 6.92 Å². The molecule has 0 bridgehead atoms. The number of rotatable bonds is 9. The average Bonchev–Trinajstić information content (AvgIpc) is 2.98. The van der Waals surface area contributed by atoms with Gasteiger partial charge in [0.1, 0.15) is 11.5 Å². The quantitative estimate of drug-likeness (QED) is 0.358. The Kier molecular flexibility index (Phi) is 5.62. The Morgan fingerprint density at radius 2 is 1.88 bits per heavy atom. The first-order valence-corrected chi connectivity index (χ1v) is 7.52. The normalized spacial score (nSPS) is 10.7. The molecule has 2 heterocycles. The average molecular weight is 325 g/mol. The molecule has 0 unspecified atom stereocenters. The maximum atomic E-state index is 5.89. The number of anilines is 2. The van der Waals surface area contributed by atoms with Crippen molar-refractivity contribution in [3.05, 3.63) is 61.2 Å². The van der Waals surface area contributed by atoms with Crippen LogP contribution in [0.4, 0.5) is 11.8 Å². The molecule has 0 amide bonds. The minimum absolute atomic E-state index is 0.390. The van der Waals surface area contributed by atoms with Crippen molar-refractivity contribution in [3.8, 4) is 0 Å². The van der Waals surface area contributed by atoms with Gasteiger partial charge in [-0.2, -0.15) is 9.97 Å². The SMILES string of the molecule is C=C(C)NCCNC(=C)/C=C\C(=C)Nc1nc(N)c2cc[nH]c2n1. The Bertz CT molecular complexity index is 785. The van der Waals surface area contributed by atoms with Gasteiger partial charge < -0.3 is 26.7 Å². The molecule has 0 aliphatic rings. The maximum absolute atomic E-state index is 5.89. The number of allylic oxidation sites excluding steroid dienone is 3. The molecule has 0 atom stereocenters. The summed E-state index contributed by atoms with van der Waals surface area (Å²) >= 11 is 0. The van der Waals surface area contributed by atoms with Crippen LogP contribution in [0.3, 0.4) is 0 Å². The number of nitrogens with zero attached hydrogens (tertiary/aromatic N) is 2. The van der Waals surface area contributed by atoms with E-state index in [4.69, 9.17) is 5.73 Å². The molecule has 7 heteroatoms. The molecule has 0 aliphatic carbocycles. The molecule has 7 nitrogen and oxygen atoms in total. The van der Waals surface area contributed by atoms with Gasteiger partial charge in [0.15, 0.2) is 0 Å². The summed E-state index contributed by atoms with van der Waals surface area (Å²) in [5.74, 6) is 0.804. The lowest BCUT2D eigenvalue weighted by Crippen LogP contribution is -2.24. The van der Waals surface area contributed by atoms with Crippen molar-refractivity contribution in [1.29, 1.82) is 0 Å². The van der Waals surface area contributed by atoms with Crippen LogP contribution in [0.15, 0.2) is 61.2 Å². The summed E-state index contributed by atoms with van der Waals surface area (Å²) in [6, 6.07) is 1.83. The number of nitrogen functional groups attached to an aromatic ring is 1. The second-order valence-corrected chi connectivity index (χ2v) is 5.32. The van der Waals surface area contributed by atoms with Gasteiger partial charge in [0.2, 0.25) is 5.95 Å². The van der Waals surface area contributed by atoms with Crippen molar-refractivity contribution in [1.82, 2.24) is 25.6 Å². The van der Waals surface area contributed by atoms with Crippen molar-refractivity contribution in [2.24, 2.45) is 0 Å². The van der Waals surface area contributed by atoms with E-state index in [9.17, 15) is 0 Å². The van der Waals surface area contributed by atoms with Gasteiger partial charge >= 0.3 is 0 Å². The minimum Gasteiger partial charge on any atom is -0.387 e. The largest absolute Gasteiger partial charge is 0.387 e. The minimum atomic E-state index is 0.390. The fraction of sp³-hybridized carbons (Fsp3) is 0.176. The smallest absolute Gasteiger partial charge is 0.231 e. The molecule has 0 aliphatic heterocycles. The number of hydrogen-bond acceptors (Lipinski definition) is 6. The second kappa shape index (κ2) is 7.87. The van der Waals surface area contributed by atoms with E-state index in [1.54, 1.807) is 12.3 Å². The Hall–Kier alpha value is -3.22. The molecule has 0 fully saturated rings. The molecular weight excluding hydrogens is 302 g/mol. The highest BCUT2D eigenvalue weighted by atomic mass is 15.1. The van der Waals surface area contributed by atoms with Crippen molar-refractivity contribution >= 4 is 22.8 Å². The summed E-state index contributed by atoms with van der Waals surface area (Å²) in [4.78, 5) is 11.5. The highest BCUT2D eigenvalue weighted by molar-refractivity contribution is 5.86. The summed E-state index contributed by atoms with van der Waals surface area (Å²) in [6.45, 7) is 15.1. The second-order valence-electron chi connectivity index (χ2n) is 5.32. The third-order valence-corrected chi connectivity index (χ3v) is 3.11. The zero-order valence-corrected chi connectivity index (χ0v) is 13.8. The molecule has 2 aromatic rings. The zero-order chi connectivity index (χ0) is 17.5. The van der Waals surface area contributed by atoms with E-state index in [1.807, 2.05) is 19.1 Å². The van der Waals surface area contributed by atoms with Crippen LogP contribution in [0.25, 0.3) is 11.0 Å². The monoisotopic (exact) mass is 325 g/mol. The molecular formula is C17H23N7. The first-order chi connectivity index (χ1) is 11.5. The van der Waals surface area contributed by atoms with Crippen molar-refractivity contribution in [2.45, 2.75) is 6.92 Å². The van der Waals surface area contributed by atoms with Crippen molar-refractivity contribution < 1.29 is 0 Å². The number of fused-ring (bicyclic) bond motifs is 1. The summed E-state index contributed by atoms with van der Waals surface area (Å²) in [5.41, 5.74) is 8.92. The molecule has 2 rings (SSSR count). The summed E-state index contributed by atoms with van der Waals surface area (Å²) in [7, 11) is 0. The Morgan fingerprint density at radius 1 is 1.17 bits per heavy atom. The topological polar surface area (TPSA) is 104 Å². The van der Waals surface area contributed by atoms with E-state index < -0.39 is 0 Å². The molecule has 0 saturated carbocycles. The Labute approximate surface area is 141 Å². The fourth-order valence-electron chi connectivity index (χ4n) is 1.97. The number of aromatic nitrogens is 3. The standard InChI is InChI=1S/C17H23N7/c1-11(2)19-9-10-20-12(3)5-6-13(4)22-17-23-15(18)14-7-8-21-16(14)24-17/h5-8,19-20H,1,3-4,9-10H2,2H3,(H4,18,21,22,23,24)/b6-5-. The Balaban J connectivity index is 1.85. The predicted molar refractivity (Wildman–Crippen MR) is 100 cm³/mol. The van der Waals surface area contributed by atoms with E-state index >= 15 is 0 Å². The first-order valence-electron chi connectivity index (χ1n) is 7.52. The van der Waals surface area contributed by atoms with Crippen LogP contribution >= 0.6 is 0 Å². The predicted octanol–water partition coefficient (Wildman–Crippen LogP) is 2.25. The van der Waals surface area contributed by atoms with E-state index in [0.29, 0.717) is 23.1 Å². The lowest BCUT2D eigenvalue weighted by molar-refractivity contribution is 0.728. The molecule has 0 aromatic carbocycles. The van der Waals surface area contributed by atoms with Gasteiger partial charge in [-0.3, -0.25) is 0 Å². The third kappa shape index (κ3) is 4.91. The highest BCUT2D eigenvalue weighted by Gasteiger charge is 2.05. The van der Waals surface area contributed by atoms with Crippen LogP contribution in [0.2, 0.25) is 0 Å². The third-order valence-electron chi connectivity index (χ3n) is 3.11. The number of hydrogen-bond donors (Lipinski definition) is 5. The summed E-state index contributed by atoms with van der Waals surface area (Å²) < 4.78 is 0. The summed E-state index contributed by atoms with van der Waals surface area (Å²) in [5, 5.41) is 10.1. The van der Waals surface area contributed by atoms with Crippen LogP contribution < -0.4 is 21.7 Å². The Morgan fingerprint density at radius 3 is 2.62 bits per heavy atom. The van der Waals surface area contributed by atoms with Crippen molar-refractivity contribution in [2.75, 3.05) is 24.1 Å². The highest BCUT2D eigenvalue weighted by Crippen LogP contribution is 2.18. The van der Waals surface area contributed by atoms with Gasteiger partial charge in [0.25, 0.3) is 0 Å². The van der Waals surface area contributed by atoms with Gasteiger partial charge in [0, 0.05) is 36.4 Å². The number of nitrogens with two attached hydrogens (primary N) is 1. The molecule has 126 valence electrons. The maximum Gasteiger partial charge on any atom is 0.231 e. The van der Waals surface area contributed by atoms with Crippen LogP contribution in [0, 0.1) is 0 Å². The fourth-order valence-corrected chi connectivity index (χ4v) is 1.97. The van der Waals surface area contributed by atoms with Gasteiger partial charge in [-0.1, -0.05) is 19.7 Å². The molecule has 0 radical (unpaired) electrons. The molecule has 6 N–H and O–H groups in total. The molecule has 24 heavy (non-hydrogen) atoms. The van der Waals surface area contributed by atoms with Crippen molar-refractivity contribution in [3.63, 3.8) is 0 Å². The van der Waals surface area contributed by atoms with Gasteiger partial charge in [-0.25, -0.2) is 0 Å². The lowest BCUT2D eigenvalue weighted by atomic mass is 10.3. The molecule has 0 saturated heterocycles. The van der Waals surface area contributed by atoms with Crippen LogP contribution in [-0.4, -0.2) is 28.0 Å². The molecule has 2 aromatic heterocycles. The van der Waals surface area contributed by atoms with Crippen LogP contribution in [-0.2, 0) is 0 Å². The van der Waals surface area contributed by atoms with Crippen LogP contribution in [0.5, 0.6) is 0 Å². The van der Waals surface area contributed by atoms with E-state index in [0.717, 1.165) is 29.9 Å². The summed E-state index contributed by atoms with van der Waals surface area (Å²) in [6.07, 6.45) is 5.39.